The fraction of sp³-hybridized carbons (Fsp3) is 0. The minimum Gasteiger partial charge on any atom is -0.203 e. The number of thiophene rings is 2. The zero-order valence-electron chi connectivity index (χ0n) is 9.19. The predicted octanol–water partition coefficient (Wildman–Crippen LogP) is 5.42. The predicted molar refractivity (Wildman–Crippen MR) is 73.0 cm³/mol. The molecule has 2 heterocycles. The number of hydrogen-bond donors (Lipinski definition) is 0. The summed E-state index contributed by atoms with van der Waals surface area (Å²) in [6, 6.07) is 10.5. The monoisotopic (exact) mass is 278 g/mol. The minimum absolute atomic E-state index is 0.322. The van der Waals surface area contributed by atoms with E-state index in [1.54, 1.807) is 24.3 Å². The summed E-state index contributed by atoms with van der Waals surface area (Å²) in [6.45, 7) is 0. The molecule has 0 unspecified atom stereocenters. The molecule has 2 aromatic heterocycles. The zero-order valence-corrected chi connectivity index (χ0v) is 10.8. The van der Waals surface area contributed by atoms with Crippen LogP contribution in [0.4, 0.5) is 8.78 Å². The van der Waals surface area contributed by atoms with Crippen molar-refractivity contribution >= 4 is 22.7 Å². The van der Waals surface area contributed by atoms with Crippen LogP contribution in [0, 0.1) is 11.6 Å². The molecule has 0 aliphatic rings. The zero-order chi connectivity index (χ0) is 12.5. The maximum absolute atomic E-state index is 14.1. The first kappa shape index (κ1) is 11.6. The van der Waals surface area contributed by atoms with Crippen LogP contribution >= 0.6 is 22.7 Å². The number of hydrogen-bond acceptors (Lipinski definition) is 2. The van der Waals surface area contributed by atoms with Crippen molar-refractivity contribution in [2.45, 2.75) is 0 Å². The summed E-state index contributed by atoms with van der Waals surface area (Å²) < 4.78 is 28.1. The highest BCUT2D eigenvalue weighted by Gasteiger charge is 2.16. The van der Waals surface area contributed by atoms with Crippen molar-refractivity contribution in [2.75, 3.05) is 0 Å². The van der Waals surface area contributed by atoms with Crippen LogP contribution in [0.15, 0.2) is 47.2 Å². The lowest BCUT2D eigenvalue weighted by atomic mass is 10.1. The number of benzene rings is 1. The van der Waals surface area contributed by atoms with Crippen molar-refractivity contribution in [1.29, 1.82) is 0 Å². The van der Waals surface area contributed by atoms with E-state index in [4.69, 9.17) is 0 Å². The average Bonchev–Trinajstić information content (AvgIpc) is 3.03. The second-order valence-corrected chi connectivity index (χ2v) is 5.64. The van der Waals surface area contributed by atoms with Crippen LogP contribution in [-0.4, -0.2) is 0 Å². The Morgan fingerprint density at radius 3 is 1.44 bits per heavy atom. The van der Waals surface area contributed by atoms with Crippen LogP contribution in [0.5, 0.6) is 0 Å². The third-order valence-electron chi connectivity index (χ3n) is 2.66. The molecule has 0 saturated carbocycles. The Morgan fingerprint density at radius 1 is 0.667 bits per heavy atom. The number of rotatable bonds is 2. The molecule has 90 valence electrons. The summed E-state index contributed by atoms with van der Waals surface area (Å²) in [5.74, 6) is -1.55. The summed E-state index contributed by atoms with van der Waals surface area (Å²) in [5, 5.41) is 3.69. The van der Waals surface area contributed by atoms with Gasteiger partial charge in [-0.15, -0.1) is 22.7 Å². The van der Waals surface area contributed by atoms with Gasteiger partial charge in [0.15, 0.2) is 11.6 Å². The second-order valence-electron chi connectivity index (χ2n) is 3.74. The van der Waals surface area contributed by atoms with E-state index < -0.39 is 11.6 Å². The molecule has 0 amide bonds. The largest absolute Gasteiger partial charge is 0.203 e. The lowest BCUT2D eigenvalue weighted by Crippen LogP contribution is -1.91. The molecule has 0 aliphatic heterocycles. The van der Waals surface area contributed by atoms with E-state index in [1.807, 2.05) is 22.9 Å². The highest BCUT2D eigenvalue weighted by atomic mass is 32.1. The Kier molecular flexibility index (Phi) is 2.97. The molecule has 0 spiro atoms. The molecule has 1 aromatic carbocycles. The van der Waals surface area contributed by atoms with E-state index in [0.717, 1.165) is 9.75 Å². The normalized spacial score (nSPS) is 10.8. The van der Waals surface area contributed by atoms with Gasteiger partial charge >= 0.3 is 0 Å². The summed E-state index contributed by atoms with van der Waals surface area (Å²) in [4.78, 5) is 1.48. The van der Waals surface area contributed by atoms with Crippen LogP contribution < -0.4 is 0 Å². The van der Waals surface area contributed by atoms with Gasteiger partial charge in [0.25, 0.3) is 0 Å². The van der Waals surface area contributed by atoms with Gasteiger partial charge in [0.05, 0.1) is 0 Å². The Bertz CT molecular complexity index is 596. The van der Waals surface area contributed by atoms with Crippen molar-refractivity contribution in [2.24, 2.45) is 0 Å². The summed E-state index contributed by atoms with van der Waals surface area (Å²) in [7, 11) is 0. The molecule has 0 bridgehead atoms. The van der Waals surface area contributed by atoms with Gasteiger partial charge in [0, 0.05) is 20.9 Å². The van der Waals surface area contributed by atoms with E-state index >= 15 is 0 Å². The Hall–Kier alpha value is -1.52. The molecule has 0 saturated heterocycles. The maximum Gasteiger partial charge on any atom is 0.168 e. The summed E-state index contributed by atoms with van der Waals surface area (Å²) in [5.41, 5.74) is 0.644. The molecule has 0 radical (unpaired) electrons. The minimum atomic E-state index is -0.775. The molecule has 0 nitrogen and oxygen atoms in total. The topological polar surface area (TPSA) is 0 Å². The first-order valence-corrected chi connectivity index (χ1v) is 7.09. The lowest BCUT2D eigenvalue weighted by molar-refractivity contribution is 0.514. The van der Waals surface area contributed by atoms with Gasteiger partial charge in [-0.2, -0.15) is 0 Å². The van der Waals surface area contributed by atoms with E-state index in [0.29, 0.717) is 11.1 Å². The fourth-order valence-corrected chi connectivity index (χ4v) is 3.28. The molecule has 3 aromatic rings. The van der Waals surface area contributed by atoms with Gasteiger partial charge in [-0.25, -0.2) is 8.78 Å². The fourth-order valence-electron chi connectivity index (χ4n) is 1.79. The van der Waals surface area contributed by atoms with E-state index in [2.05, 4.69) is 0 Å². The molecule has 0 N–H and O–H groups in total. The van der Waals surface area contributed by atoms with E-state index in [9.17, 15) is 8.78 Å². The Balaban J connectivity index is 2.15. The van der Waals surface area contributed by atoms with Gasteiger partial charge < -0.3 is 0 Å². The number of halogens is 2. The van der Waals surface area contributed by atoms with Gasteiger partial charge in [0.1, 0.15) is 0 Å². The molecule has 0 atom stereocenters. The second kappa shape index (κ2) is 4.63. The first-order valence-electron chi connectivity index (χ1n) is 5.33. The molecule has 4 heteroatoms. The van der Waals surface area contributed by atoms with Crippen LogP contribution in [0.1, 0.15) is 0 Å². The first-order chi connectivity index (χ1) is 8.77. The van der Waals surface area contributed by atoms with Gasteiger partial charge in [-0.3, -0.25) is 0 Å². The van der Waals surface area contributed by atoms with Crippen LogP contribution in [-0.2, 0) is 0 Å². The molecular formula is C14H8F2S2. The molecule has 0 fully saturated rings. The van der Waals surface area contributed by atoms with Gasteiger partial charge in [-0.1, -0.05) is 12.1 Å². The van der Waals surface area contributed by atoms with Crippen LogP contribution in [0.3, 0.4) is 0 Å². The van der Waals surface area contributed by atoms with Crippen molar-refractivity contribution in [3.8, 4) is 20.9 Å². The standard InChI is InChI=1S/C14H8F2S2/c15-13-9(11-3-1-7-17-11)5-6-10(14(13)16)12-4-2-8-18-12/h1-8H. The lowest BCUT2D eigenvalue weighted by Gasteiger charge is -2.05. The van der Waals surface area contributed by atoms with Gasteiger partial charge in [-0.05, 0) is 35.0 Å². The van der Waals surface area contributed by atoms with Crippen molar-refractivity contribution in [3.63, 3.8) is 0 Å². The highest BCUT2D eigenvalue weighted by Crippen LogP contribution is 2.34. The molecular weight excluding hydrogens is 270 g/mol. The smallest absolute Gasteiger partial charge is 0.168 e. The Morgan fingerprint density at radius 2 is 1.11 bits per heavy atom. The van der Waals surface area contributed by atoms with Crippen molar-refractivity contribution in [1.82, 2.24) is 0 Å². The Labute approximate surface area is 111 Å². The quantitative estimate of drug-likeness (QED) is 0.587. The van der Waals surface area contributed by atoms with Crippen LogP contribution in [0.25, 0.3) is 20.9 Å². The summed E-state index contributed by atoms with van der Waals surface area (Å²) >= 11 is 2.80. The molecule has 0 aliphatic carbocycles. The van der Waals surface area contributed by atoms with Gasteiger partial charge in [0.2, 0.25) is 0 Å². The third-order valence-corrected chi connectivity index (χ3v) is 4.46. The van der Waals surface area contributed by atoms with Crippen molar-refractivity contribution < 1.29 is 8.78 Å². The molecule has 18 heavy (non-hydrogen) atoms. The van der Waals surface area contributed by atoms with Crippen LogP contribution in [0.2, 0.25) is 0 Å². The average molecular weight is 278 g/mol. The maximum atomic E-state index is 14.1. The third kappa shape index (κ3) is 1.87. The van der Waals surface area contributed by atoms with E-state index in [1.165, 1.54) is 22.7 Å². The summed E-state index contributed by atoms with van der Waals surface area (Å²) in [6.07, 6.45) is 0. The van der Waals surface area contributed by atoms with E-state index in [-0.39, 0.29) is 0 Å². The SMILES string of the molecule is Fc1c(-c2cccs2)ccc(-c2cccs2)c1F. The highest BCUT2D eigenvalue weighted by molar-refractivity contribution is 7.13. The van der Waals surface area contributed by atoms with Crippen molar-refractivity contribution in [3.05, 3.63) is 58.8 Å². The molecule has 3 rings (SSSR count).